The van der Waals surface area contributed by atoms with Gasteiger partial charge in [0.15, 0.2) is 0 Å². The van der Waals surface area contributed by atoms with E-state index in [2.05, 4.69) is 0 Å². The molecule has 1 heteroatoms. The van der Waals surface area contributed by atoms with Crippen molar-refractivity contribution in [3.8, 4) is 0 Å². The molecule has 0 spiro atoms. The molecule has 0 aliphatic heterocycles. The van der Waals surface area contributed by atoms with Crippen molar-refractivity contribution in [1.82, 2.24) is 0 Å². The molecule has 5 rings (SSSR count). The lowest BCUT2D eigenvalue weighted by atomic mass is 9.51. The van der Waals surface area contributed by atoms with Crippen molar-refractivity contribution in [1.29, 1.82) is 0 Å². The van der Waals surface area contributed by atoms with Gasteiger partial charge >= 0.3 is 0 Å². The van der Waals surface area contributed by atoms with Crippen molar-refractivity contribution in [2.24, 2.45) is 35.3 Å². The van der Waals surface area contributed by atoms with Crippen LogP contribution in [0.2, 0.25) is 0 Å². The fourth-order valence-electron chi connectivity index (χ4n) is 5.21. The first-order chi connectivity index (χ1) is 7.22. The lowest BCUT2D eigenvalue weighted by Crippen LogP contribution is -2.47. The first-order valence-electron chi connectivity index (χ1n) is 7.01. The molecule has 0 unspecified atom stereocenters. The van der Waals surface area contributed by atoms with Gasteiger partial charge in [-0.3, -0.25) is 0 Å². The van der Waals surface area contributed by atoms with Gasteiger partial charge in [0, 0.05) is 5.54 Å². The average Bonchev–Trinajstić information content (AvgIpc) is 2.90. The van der Waals surface area contributed by atoms with Crippen molar-refractivity contribution < 1.29 is 0 Å². The molecule has 2 N–H and O–H groups in total. The van der Waals surface area contributed by atoms with E-state index in [9.17, 15) is 0 Å². The maximum absolute atomic E-state index is 6.33. The fourth-order valence-corrected chi connectivity index (χ4v) is 5.21. The Balaban J connectivity index is 1.55. The molecule has 0 aromatic rings. The molecule has 0 saturated heterocycles. The Morgan fingerprint density at radius 1 is 0.867 bits per heavy atom. The SMILES string of the molecule is NC1(CC2C3CC4CC(C3)CC2C4)CC1. The highest BCUT2D eigenvalue weighted by atomic mass is 14.8. The van der Waals surface area contributed by atoms with Gasteiger partial charge in [-0.1, -0.05) is 0 Å². The van der Waals surface area contributed by atoms with Crippen LogP contribution in [0.4, 0.5) is 0 Å². The van der Waals surface area contributed by atoms with Gasteiger partial charge in [-0.25, -0.2) is 0 Å². The average molecular weight is 205 g/mol. The van der Waals surface area contributed by atoms with E-state index in [0.29, 0.717) is 5.54 Å². The zero-order chi connectivity index (χ0) is 10.0. The van der Waals surface area contributed by atoms with E-state index < -0.39 is 0 Å². The molecule has 5 aliphatic rings. The topological polar surface area (TPSA) is 26.0 Å². The zero-order valence-corrected chi connectivity index (χ0v) is 9.62. The van der Waals surface area contributed by atoms with E-state index in [4.69, 9.17) is 5.73 Å². The second-order valence-corrected chi connectivity index (χ2v) is 7.16. The summed E-state index contributed by atoms with van der Waals surface area (Å²) >= 11 is 0. The Labute approximate surface area is 92.8 Å². The Hall–Kier alpha value is -0.0400. The largest absolute Gasteiger partial charge is 0.325 e. The van der Waals surface area contributed by atoms with Gasteiger partial charge in [0.1, 0.15) is 0 Å². The maximum atomic E-state index is 6.33. The van der Waals surface area contributed by atoms with Crippen LogP contribution in [0, 0.1) is 29.6 Å². The zero-order valence-electron chi connectivity index (χ0n) is 9.62. The molecule has 4 bridgehead atoms. The van der Waals surface area contributed by atoms with E-state index in [0.717, 1.165) is 29.6 Å². The molecule has 5 saturated carbocycles. The van der Waals surface area contributed by atoms with Crippen LogP contribution in [0.5, 0.6) is 0 Å². The van der Waals surface area contributed by atoms with Crippen molar-refractivity contribution in [2.75, 3.05) is 0 Å². The van der Waals surface area contributed by atoms with Gasteiger partial charge in [-0.05, 0) is 81.0 Å². The minimum Gasteiger partial charge on any atom is -0.325 e. The summed E-state index contributed by atoms with van der Waals surface area (Å²) in [5.41, 5.74) is 6.63. The second-order valence-electron chi connectivity index (χ2n) is 7.16. The Morgan fingerprint density at radius 3 is 1.87 bits per heavy atom. The molecule has 1 nitrogen and oxygen atoms in total. The van der Waals surface area contributed by atoms with Crippen LogP contribution in [-0.2, 0) is 0 Å². The van der Waals surface area contributed by atoms with Gasteiger partial charge in [0.2, 0.25) is 0 Å². The van der Waals surface area contributed by atoms with Crippen molar-refractivity contribution in [2.45, 2.75) is 56.9 Å². The summed E-state index contributed by atoms with van der Waals surface area (Å²) in [6.45, 7) is 0. The van der Waals surface area contributed by atoms with Gasteiger partial charge in [-0.2, -0.15) is 0 Å². The lowest BCUT2D eigenvalue weighted by molar-refractivity contribution is -0.0430. The highest BCUT2D eigenvalue weighted by Gasteiger charge is 2.51. The highest BCUT2D eigenvalue weighted by molar-refractivity contribution is 5.05. The molecule has 0 atom stereocenters. The van der Waals surface area contributed by atoms with Gasteiger partial charge in [0.05, 0.1) is 0 Å². The predicted molar refractivity (Wildman–Crippen MR) is 61.3 cm³/mol. The van der Waals surface area contributed by atoms with Crippen molar-refractivity contribution >= 4 is 0 Å². The van der Waals surface area contributed by atoms with Crippen LogP contribution in [0.25, 0.3) is 0 Å². The Bertz CT molecular complexity index is 251. The normalized spacial score (nSPS) is 54.6. The van der Waals surface area contributed by atoms with Gasteiger partial charge < -0.3 is 5.73 Å². The van der Waals surface area contributed by atoms with E-state index in [1.807, 2.05) is 0 Å². The minimum atomic E-state index is 0.306. The van der Waals surface area contributed by atoms with E-state index in [1.165, 1.54) is 19.3 Å². The van der Waals surface area contributed by atoms with Gasteiger partial charge in [0.25, 0.3) is 0 Å². The fraction of sp³-hybridized carbons (Fsp3) is 1.00. The van der Waals surface area contributed by atoms with Crippen LogP contribution < -0.4 is 5.73 Å². The monoisotopic (exact) mass is 205 g/mol. The molecule has 0 radical (unpaired) electrons. The van der Waals surface area contributed by atoms with Crippen molar-refractivity contribution in [3.63, 3.8) is 0 Å². The summed E-state index contributed by atoms with van der Waals surface area (Å²) in [7, 11) is 0. The summed E-state index contributed by atoms with van der Waals surface area (Å²) in [5, 5.41) is 0. The van der Waals surface area contributed by atoms with Crippen LogP contribution in [0.3, 0.4) is 0 Å². The second kappa shape index (κ2) is 2.80. The molecule has 5 aliphatic carbocycles. The first kappa shape index (κ1) is 9.04. The third-order valence-corrected chi connectivity index (χ3v) is 5.96. The smallest absolute Gasteiger partial charge is 0.0158 e. The number of nitrogens with two attached hydrogens (primary N) is 1. The van der Waals surface area contributed by atoms with E-state index in [1.54, 1.807) is 32.1 Å². The minimum absolute atomic E-state index is 0.306. The third kappa shape index (κ3) is 1.39. The van der Waals surface area contributed by atoms with E-state index >= 15 is 0 Å². The van der Waals surface area contributed by atoms with Crippen LogP contribution in [0.15, 0.2) is 0 Å². The number of hydrogen-bond acceptors (Lipinski definition) is 1. The van der Waals surface area contributed by atoms with Crippen LogP contribution in [0.1, 0.15) is 51.4 Å². The van der Waals surface area contributed by atoms with E-state index in [-0.39, 0.29) is 0 Å². The molecule has 0 aromatic heterocycles. The Kier molecular flexibility index (Phi) is 1.68. The molecular weight excluding hydrogens is 182 g/mol. The molecule has 0 heterocycles. The van der Waals surface area contributed by atoms with Gasteiger partial charge in [-0.15, -0.1) is 0 Å². The summed E-state index contributed by atoms with van der Waals surface area (Å²) in [6, 6.07) is 0. The maximum Gasteiger partial charge on any atom is 0.0158 e. The first-order valence-corrected chi connectivity index (χ1v) is 7.01. The Morgan fingerprint density at radius 2 is 1.40 bits per heavy atom. The van der Waals surface area contributed by atoms with Crippen molar-refractivity contribution in [3.05, 3.63) is 0 Å². The molecule has 0 amide bonds. The van der Waals surface area contributed by atoms with Crippen LogP contribution >= 0.6 is 0 Å². The molecular formula is C14H23N. The molecule has 15 heavy (non-hydrogen) atoms. The number of rotatable bonds is 2. The summed E-state index contributed by atoms with van der Waals surface area (Å²) < 4.78 is 0. The predicted octanol–water partition coefficient (Wildman–Crippen LogP) is 2.94. The summed E-state index contributed by atoms with van der Waals surface area (Å²) in [4.78, 5) is 0. The molecule has 0 aromatic carbocycles. The van der Waals surface area contributed by atoms with Crippen LogP contribution in [-0.4, -0.2) is 5.54 Å². The molecule has 5 fully saturated rings. The third-order valence-electron chi connectivity index (χ3n) is 5.96. The summed E-state index contributed by atoms with van der Waals surface area (Å²) in [6.07, 6.45) is 11.8. The highest BCUT2D eigenvalue weighted by Crippen LogP contribution is 2.59. The number of hydrogen-bond donors (Lipinski definition) is 1. The lowest BCUT2D eigenvalue weighted by Gasteiger charge is -2.55. The molecule has 84 valence electrons. The quantitative estimate of drug-likeness (QED) is 0.737. The summed E-state index contributed by atoms with van der Waals surface area (Å²) in [5.74, 6) is 5.45. The standard InChI is InChI=1S/C14H23N/c15-14(1-2-14)8-13-11-4-9-3-10(6-11)7-12(13)5-9/h9-13H,1-8,15H2.